The molecular formula is C21H20N4O7S. The second-order valence-electron chi connectivity index (χ2n) is 6.96. The van der Waals surface area contributed by atoms with Gasteiger partial charge in [-0.2, -0.15) is 0 Å². The van der Waals surface area contributed by atoms with Crippen LogP contribution in [0.4, 0.5) is 11.5 Å². The van der Waals surface area contributed by atoms with E-state index in [1.165, 1.54) is 50.5 Å². The summed E-state index contributed by atoms with van der Waals surface area (Å²) < 4.78 is 33.9. The number of benzene rings is 2. The van der Waals surface area contributed by atoms with Gasteiger partial charge in [-0.15, -0.1) is 0 Å². The predicted octanol–water partition coefficient (Wildman–Crippen LogP) is 0.507. The number of nitrogens with zero attached hydrogens (tertiary/aromatic N) is 2. The minimum Gasteiger partial charge on any atom is -0.454 e. The van der Waals surface area contributed by atoms with Crippen molar-refractivity contribution >= 4 is 33.3 Å². The number of nitrogens with two attached hydrogens (primary N) is 1. The van der Waals surface area contributed by atoms with Crippen LogP contribution >= 0.6 is 0 Å². The minimum atomic E-state index is -3.87. The molecule has 0 saturated heterocycles. The maximum atomic E-state index is 12.5. The molecule has 0 fully saturated rings. The predicted molar refractivity (Wildman–Crippen MR) is 120 cm³/mol. The maximum Gasteiger partial charge on any atom is 0.338 e. The van der Waals surface area contributed by atoms with Gasteiger partial charge in [-0.3, -0.25) is 23.4 Å². The topological polar surface area (TPSA) is 160 Å². The van der Waals surface area contributed by atoms with Crippen molar-refractivity contribution in [1.82, 2.24) is 9.13 Å². The number of ether oxygens (including phenoxy) is 1. The van der Waals surface area contributed by atoms with Crippen LogP contribution in [0.25, 0.3) is 0 Å². The number of carbonyl (C=O) groups is 2. The largest absolute Gasteiger partial charge is 0.454 e. The van der Waals surface area contributed by atoms with Gasteiger partial charge in [0.25, 0.3) is 15.6 Å². The molecule has 33 heavy (non-hydrogen) atoms. The van der Waals surface area contributed by atoms with Gasteiger partial charge in [0.2, 0.25) is 5.78 Å². The molecule has 0 radical (unpaired) electrons. The summed E-state index contributed by atoms with van der Waals surface area (Å²) in [4.78, 5) is 49.0. The van der Waals surface area contributed by atoms with E-state index in [0.29, 0.717) is 4.57 Å². The average molecular weight is 472 g/mol. The lowest BCUT2D eigenvalue weighted by atomic mass is 10.2. The van der Waals surface area contributed by atoms with Crippen LogP contribution in [0, 0.1) is 0 Å². The van der Waals surface area contributed by atoms with E-state index in [9.17, 15) is 27.6 Å². The second kappa shape index (κ2) is 9.12. The summed E-state index contributed by atoms with van der Waals surface area (Å²) in [7, 11) is -1.39. The number of aromatic nitrogens is 2. The van der Waals surface area contributed by atoms with E-state index < -0.39 is 45.2 Å². The number of hydrogen-bond donors (Lipinski definition) is 2. The van der Waals surface area contributed by atoms with Gasteiger partial charge in [0.1, 0.15) is 11.4 Å². The van der Waals surface area contributed by atoms with E-state index in [1.54, 1.807) is 18.2 Å². The van der Waals surface area contributed by atoms with Crippen LogP contribution in [0.15, 0.2) is 69.1 Å². The number of nitrogens with one attached hydrogen (secondary N) is 1. The molecule has 0 amide bonds. The van der Waals surface area contributed by atoms with Crippen molar-refractivity contribution in [2.45, 2.75) is 4.90 Å². The van der Waals surface area contributed by atoms with Crippen LogP contribution in [-0.4, -0.2) is 35.9 Å². The Kier molecular flexibility index (Phi) is 6.49. The van der Waals surface area contributed by atoms with Crippen molar-refractivity contribution < 1.29 is 22.7 Å². The van der Waals surface area contributed by atoms with Crippen LogP contribution in [0.1, 0.15) is 20.7 Å². The van der Waals surface area contributed by atoms with Crippen molar-refractivity contribution in [2.75, 3.05) is 17.1 Å². The first-order valence-corrected chi connectivity index (χ1v) is 10.9. The van der Waals surface area contributed by atoms with E-state index in [2.05, 4.69) is 4.72 Å². The minimum absolute atomic E-state index is 0.0302. The van der Waals surface area contributed by atoms with Gasteiger partial charge in [0.05, 0.1) is 10.5 Å². The molecule has 0 aliphatic carbocycles. The van der Waals surface area contributed by atoms with Gasteiger partial charge in [0.15, 0.2) is 6.61 Å². The number of anilines is 2. The molecule has 2 aromatic carbocycles. The van der Waals surface area contributed by atoms with Crippen LogP contribution in [0.5, 0.6) is 0 Å². The first-order valence-electron chi connectivity index (χ1n) is 9.46. The third-order valence-electron chi connectivity index (χ3n) is 4.73. The maximum absolute atomic E-state index is 12.5. The number of sulfonamides is 1. The monoisotopic (exact) mass is 472 g/mol. The summed E-state index contributed by atoms with van der Waals surface area (Å²) in [6, 6.07) is 13.1. The van der Waals surface area contributed by atoms with Gasteiger partial charge < -0.3 is 10.5 Å². The SMILES string of the molecule is Cn1c(N)c(C(=O)COC(=O)c2cccc(NS(=O)(=O)c3ccccc3)c2)c(=O)n(C)c1=O. The molecule has 0 aliphatic rings. The Balaban J connectivity index is 1.76. The van der Waals surface area contributed by atoms with E-state index in [-0.39, 0.29) is 22.0 Å². The molecule has 11 nitrogen and oxygen atoms in total. The fraction of sp³-hybridized carbons (Fsp3) is 0.143. The first kappa shape index (κ1) is 23.5. The fourth-order valence-electron chi connectivity index (χ4n) is 2.93. The Morgan fingerprint density at radius 2 is 1.67 bits per heavy atom. The van der Waals surface area contributed by atoms with Gasteiger partial charge in [-0.1, -0.05) is 24.3 Å². The molecule has 0 spiro atoms. The van der Waals surface area contributed by atoms with Gasteiger partial charge in [-0.25, -0.2) is 18.0 Å². The van der Waals surface area contributed by atoms with E-state index in [0.717, 1.165) is 4.57 Å². The number of esters is 1. The Hall–Kier alpha value is -4.19. The first-order chi connectivity index (χ1) is 15.5. The molecule has 172 valence electrons. The molecule has 12 heteroatoms. The van der Waals surface area contributed by atoms with Crippen LogP contribution < -0.4 is 21.7 Å². The summed E-state index contributed by atoms with van der Waals surface area (Å²) in [6.45, 7) is -0.809. The van der Waals surface area contributed by atoms with Gasteiger partial charge >= 0.3 is 11.7 Å². The highest BCUT2D eigenvalue weighted by Crippen LogP contribution is 2.17. The lowest BCUT2D eigenvalue weighted by Gasteiger charge is -2.11. The smallest absolute Gasteiger partial charge is 0.338 e. The molecule has 3 rings (SSSR count). The van der Waals surface area contributed by atoms with Crippen molar-refractivity contribution in [3.05, 3.63) is 86.6 Å². The number of hydrogen-bond acceptors (Lipinski definition) is 8. The Morgan fingerprint density at radius 1 is 1.00 bits per heavy atom. The third-order valence-corrected chi connectivity index (χ3v) is 6.12. The molecular weight excluding hydrogens is 452 g/mol. The van der Waals surface area contributed by atoms with Gasteiger partial charge in [-0.05, 0) is 30.3 Å². The number of carbonyl (C=O) groups excluding carboxylic acids is 2. The van der Waals surface area contributed by atoms with E-state index >= 15 is 0 Å². The highest BCUT2D eigenvalue weighted by Gasteiger charge is 2.22. The molecule has 0 aliphatic heterocycles. The highest BCUT2D eigenvalue weighted by molar-refractivity contribution is 7.92. The number of ketones is 1. The number of rotatable bonds is 7. The van der Waals surface area contributed by atoms with Crippen molar-refractivity contribution in [3.63, 3.8) is 0 Å². The molecule has 3 aromatic rings. The molecule has 1 aromatic heterocycles. The fourth-order valence-corrected chi connectivity index (χ4v) is 4.00. The molecule has 3 N–H and O–H groups in total. The van der Waals surface area contributed by atoms with Crippen molar-refractivity contribution in [3.8, 4) is 0 Å². The van der Waals surface area contributed by atoms with Crippen LogP contribution in [0.2, 0.25) is 0 Å². The summed E-state index contributed by atoms with van der Waals surface area (Å²) in [5, 5.41) is 0. The summed E-state index contributed by atoms with van der Waals surface area (Å²) >= 11 is 0. The second-order valence-corrected chi connectivity index (χ2v) is 8.65. The molecule has 0 atom stereocenters. The van der Waals surface area contributed by atoms with Crippen LogP contribution in [-0.2, 0) is 28.9 Å². The zero-order chi connectivity index (χ0) is 24.3. The van der Waals surface area contributed by atoms with Crippen LogP contribution in [0.3, 0.4) is 0 Å². The standard InChI is InChI=1S/C21H20N4O7S/c1-24-18(22)17(19(27)25(2)21(24)29)16(26)12-32-20(28)13-7-6-8-14(11-13)23-33(30,31)15-9-4-3-5-10-15/h3-11,23H,12,22H2,1-2H3. The lowest BCUT2D eigenvalue weighted by molar-refractivity contribution is 0.0474. The summed E-state index contributed by atoms with van der Waals surface area (Å²) in [6.07, 6.45) is 0. The molecule has 0 unspecified atom stereocenters. The Morgan fingerprint density at radius 3 is 2.33 bits per heavy atom. The van der Waals surface area contributed by atoms with Crippen molar-refractivity contribution in [1.29, 1.82) is 0 Å². The van der Waals surface area contributed by atoms with E-state index in [1.807, 2.05) is 0 Å². The zero-order valence-corrected chi connectivity index (χ0v) is 18.5. The Bertz CT molecular complexity index is 1460. The summed E-state index contributed by atoms with van der Waals surface area (Å²) in [5.41, 5.74) is 3.71. The zero-order valence-electron chi connectivity index (χ0n) is 17.6. The lowest BCUT2D eigenvalue weighted by Crippen LogP contribution is -2.42. The van der Waals surface area contributed by atoms with Crippen molar-refractivity contribution in [2.24, 2.45) is 14.1 Å². The molecule has 0 saturated carbocycles. The molecule has 0 bridgehead atoms. The molecule has 1 heterocycles. The normalized spacial score (nSPS) is 11.1. The summed E-state index contributed by atoms with van der Waals surface area (Å²) in [5.74, 6) is -2.16. The average Bonchev–Trinajstić information content (AvgIpc) is 2.80. The van der Waals surface area contributed by atoms with E-state index in [4.69, 9.17) is 10.5 Å². The quantitative estimate of drug-likeness (QED) is 0.371. The van der Waals surface area contributed by atoms with Gasteiger partial charge in [0, 0.05) is 19.8 Å². The Labute approximate surface area is 188 Å². The highest BCUT2D eigenvalue weighted by atomic mass is 32.2. The third kappa shape index (κ3) is 4.85. The number of Topliss-reactive ketones (excluding diaryl/α,β-unsaturated/α-hetero) is 1. The number of nitrogen functional groups attached to an aromatic ring is 1.